The van der Waals surface area contributed by atoms with Crippen molar-refractivity contribution in [3.63, 3.8) is 0 Å². The molecule has 110 valence electrons. The summed E-state index contributed by atoms with van der Waals surface area (Å²) in [5, 5.41) is 9.38. The molecule has 0 saturated carbocycles. The summed E-state index contributed by atoms with van der Waals surface area (Å²) in [5.41, 5.74) is 0.773. The highest BCUT2D eigenvalue weighted by Crippen LogP contribution is 2.24. The molecule has 2 rings (SSSR count). The highest BCUT2D eigenvalue weighted by atomic mass is 79.9. The molecule has 3 nitrogen and oxygen atoms in total. The standard InChI is InChI=1S/C16H14Br2O3/c17-12-4-1-3-11(9-12)15(16(19)20)7-8-21-14-6-2-5-13(18)10-14/h1-6,9-10,15H,7-8H2,(H,19,20). The molecule has 1 atom stereocenters. The van der Waals surface area contributed by atoms with E-state index in [0.29, 0.717) is 13.0 Å². The van der Waals surface area contributed by atoms with E-state index in [2.05, 4.69) is 31.9 Å². The van der Waals surface area contributed by atoms with E-state index in [9.17, 15) is 9.90 Å². The normalized spacial score (nSPS) is 11.9. The number of hydrogen-bond donors (Lipinski definition) is 1. The van der Waals surface area contributed by atoms with Crippen LogP contribution >= 0.6 is 31.9 Å². The van der Waals surface area contributed by atoms with Gasteiger partial charge in [0.1, 0.15) is 5.75 Å². The second kappa shape index (κ2) is 7.61. The van der Waals surface area contributed by atoms with E-state index >= 15 is 0 Å². The number of aliphatic carboxylic acids is 1. The molecule has 0 fully saturated rings. The van der Waals surface area contributed by atoms with Crippen LogP contribution in [0.15, 0.2) is 57.5 Å². The third kappa shape index (κ3) is 4.86. The zero-order chi connectivity index (χ0) is 15.2. The summed E-state index contributed by atoms with van der Waals surface area (Å²) in [5.74, 6) is -0.691. The summed E-state index contributed by atoms with van der Waals surface area (Å²) in [7, 11) is 0. The van der Waals surface area contributed by atoms with Crippen LogP contribution in [-0.4, -0.2) is 17.7 Å². The van der Waals surface area contributed by atoms with E-state index in [1.165, 1.54) is 0 Å². The first-order chi connectivity index (χ1) is 10.1. The van der Waals surface area contributed by atoms with Gasteiger partial charge in [-0.2, -0.15) is 0 Å². The molecular weight excluding hydrogens is 400 g/mol. The molecule has 1 N–H and O–H groups in total. The minimum Gasteiger partial charge on any atom is -0.494 e. The highest BCUT2D eigenvalue weighted by molar-refractivity contribution is 9.10. The molecule has 0 aliphatic heterocycles. The van der Waals surface area contributed by atoms with Crippen LogP contribution in [0.2, 0.25) is 0 Å². The summed E-state index contributed by atoms with van der Waals surface area (Å²) in [6.45, 7) is 0.347. The van der Waals surface area contributed by atoms with Crippen LogP contribution in [0.4, 0.5) is 0 Å². The van der Waals surface area contributed by atoms with Crippen molar-refractivity contribution in [1.29, 1.82) is 0 Å². The number of rotatable bonds is 6. The van der Waals surface area contributed by atoms with Crippen LogP contribution < -0.4 is 4.74 Å². The van der Waals surface area contributed by atoms with Gasteiger partial charge in [0.05, 0.1) is 12.5 Å². The maximum Gasteiger partial charge on any atom is 0.311 e. The Kier molecular flexibility index (Phi) is 5.82. The Hall–Kier alpha value is -1.33. The number of ether oxygens (including phenoxy) is 1. The van der Waals surface area contributed by atoms with Crippen LogP contribution in [0.3, 0.4) is 0 Å². The highest BCUT2D eigenvalue weighted by Gasteiger charge is 2.20. The zero-order valence-electron chi connectivity index (χ0n) is 11.1. The Balaban J connectivity index is 1.99. The van der Waals surface area contributed by atoms with Crippen molar-refractivity contribution in [3.05, 3.63) is 63.0 Å². The predicted octanol–water partition coefficient (Wildman–Crippen LogP) is 4.85. The minimum atomic E-state index is -0.842. The fourth-order valence-corrected chi connectivity index (χ4v) is 2.80. The summed E-state index contributed by atoms with van der Waals surface area (Å²) in [6, 6.07) is 14.9. The molecular formula is C16H14Br2O3. The van der Waals surface area contributed by atoms with Crippen molar-refractivity contribution < 1.29 is 14.6 Å². The van der Waals surface area contributed by atoms with Gasteiger partial charge in [-0.3, -0.25) is 4.79 Å². The number of carboxylic acids is 1. The Bertz CT molecular complexity index is 628. The average Bonchev–Trinajstić information content (AvgIpc) is 2.43. The lowest BCUT2D eigenvalue weighted by Gasteiger charge is -2.14. The molecule has 21 heavy (non-hydrogen) atoms. The van der Waals surface area contributed by atoms with E-state index in [1.54, 1.807) is 0 Å². The van der Waals surface area contributed by atoms with Gasteiger partial charge in [-0.05, 0) is 42.3 Å². The first-order valence-electron chi connectivity index (χ1n) is 6.43. The lowest BCUT2D eigenvalue weighted by Crippen LogP contribution is -2.15. The first-order valence-corrected chi connectivity index (χ1v) is 8.01. The maximum atomic E-state index is 11.4. The third-order valence-corrected chi connectivity index (χ3v) is 4.01. The number of carbonyl (C=O) groups is 1. The predicted molar refractivity (Wildman–Crippen MR) is 88.8 cm³/mol. The Morgan fingerprint density at radius 2 is 1.76 bits per heavy atom. The SMILES string of the molecule is O=C(O)C(CCOc1cccc(Br)c1)c1cccc(Br)c1. The number of halogens is 2. The quantitative estimate of drug-likeness (QED) is 0.736. The Morgan fingerprint density at radius 3 is 2.38 bits per heavy atom. The smallest absolute Gasteiger partial charge is 0.311 e. The molecule has 0 aliphatic rings. The van der Waals surface area contributed by atoms with Gasteiger partial charge in [-0.25, -0.2) is 0 Å². The van der Waals surface area contributed by atoms with Gasteiger partial charge in [-0.15, -0.1) is 0 Å². The largest absolute Gasteiger partial charge is 0.494 e. The number of hydrogen-bond acceptors (Lipinski definition) is 2. The molecule has 2 aromatic carbocycles. The zero-order valence-corrected chi connectivity index (χ0v) is 14.3. The maximum absolute atomic E-state index is 11.4. The van der Waals surface area contributed by atoms with Gasteiger partial charge in [0.15, 0.2) is 0 Å². The van der Waals surface area contributed by atoms with Gasteiger partial charge in [0.25, 0.3) is 0 Å². The van der Waals surface area contributed by atoms with Crippen LogP contribution in [0.25, 0.3) is 0 Å². The molecule has 0 aliphatic carbocycles. The van der Waals surface area contributed by atoms with Crippen LogP contribution in [0.5, 0.6) is 5.75 Å². The van der Waals surface area contributed by atoms with Gasteiger partial charge in [-0.1, -0.05) is 50.1 Å². The van der Waals surface area contributed by atoms with Gasteiger partial charge < -0.3 is 9.84 Å². The lowest BCUT2D eigenvalue weighted by atomic mass is 9.96. The fourth-order valence-electron chi connectivity index (χ4n) is 2.01. The minimum absolute atomic E-state index is 0.347. The van der Waals surface area contributed by atoms with Crippen molar-refractivity contribution in [2.75, 3.05) is 6.61 Å². The van der Waals surface area contributed by atoms with Crippen molar-refractivity contribution in [2.45, 2.75) is 12.3 Å². The van der Waals surface area contributed by atoms with E-state index < -0.39 is 11.9 Å². The van der Waals surface area contributed by atoms with Crippen molar-refractivity contribution in [1.82, 2.24) is 0 Å². The van der Waals surface area contributed by atoms with E-state index in [-0.39, 0.29) is 0 Å². The Labute approximate surface area is 140 Å². The van der Waals surface area contributed by atoms with Crippen LogP contribution in [0, 0.1) is 0 Å². The second-order valence-electron chi connectivity index (χ2n) is 4.54. The molecule has 0 saturated heterocycles. The van der Waals surface area contributed by atoms with E-state index in [0.717, 1.165) is 20.3 Å². The van der Waals surface area contributed by atoms with E-state index in [4.69, 9.17) is 4.74 Å². The average molecular weight is 414 g/mol. The summed E-state index contributed by atoms with van der Waals surface area (Å²) >= 11 is 6.73. The van der Waals surface area contributed by atoms with Crippen molar-refractivity contribution in [3.8, 4) is 5.75 Å². The Morgan fingerprint density at radius 1 is 1.10 bits per heavy atom. The van der Waals surface area contributed by atoms with Crippen molar-refractivity contribution in [2.24, 2.45) is 0 Å². The first kappa shape index (κ1) is 16.0. The van der Waals surface area contributed by atoms with Gasteiger partial charge >= 0.3 is 5.97 Å². The summed E-state index contributed by atoms with van der Waals surface area (Å²) < 4.78 is 7.42. The van der Waals surface area contributed by atoms with Crippen LogP contribution in [0.1, 0.15) is 17.9 Å². The van der Waals surface area contributed by atoms with Crippen LogP contribution in [-0.2, 0) is 4.79 Å². The number of benzene rings is 2. The molecule has 0 amide bonds. The molecule has 1 unspecified atom stereocenters. The van der Waals surface area contributed by atoms with E-state index in [1.807, 2.05) is 48.5 Å². The summed E-state index contributed by atoms with van der Waals surface area (Å²) in [6.07, 6.45) is 0.415. The van der Waals surface area contributed by atoms with Gasteiger partial charge in [0.2, 0.25) is 0 Å². The molecule has 5 heteroatoms. The molecule has 0 heterocycles. The van der Waals surface area contributed by atoms with Crippen molar-refractivity contribution >= 4 is 37.8 Å². The molecule has 2 aromatic rings. The second-order valence-corrected chi connectivity index (χ2v) is 6.37. The monoisotopic (exact) mass is 412 g/mol. The number of carboxylic acid groups (broad SMARTS) is 1. The molecule has 0 bridgehead atoms. The summed E-state index contributed by atoms with van der Waals surface area (Å²) in [4.78, 5) is 11.4. The molecule has 0 spiro atoms. The third-order valence-electron chi connectivity index (χ3n) is 3.02. The molecule has 0 aromatic heterocycles. The lowest BCUT2D eigenvalue weighted by molar-refractivity contribution is -0.139. The topological polar surface area (TPSA) is 46.5 Å². The molecule has 0 radical (unpaired) electrons. The van der Waals surface area contributed by atoms with Gasteiger partial charge in [0, 0.05) is 8.95 Å². The fraction of sp³-hybridized carbons (Fsp3) is 0.188.